The smallest absolute Gasteiger partial charge is 0.338 e. The Hall–Kier alpha value is -3.55. The first-order chi connectivity index (χ1) is 12.8. The third kappa shape index (κ3) is 4.00. The molecule has 3 rings (SSSR count). The third-order valence-corrected chi connectivity index (χ3v) is 4.14. The van der Waals surface area contributed by atoms with E-state index in [9.17, 15) is 14.9 Å². The van der Waals surface area contributed by atoms with Crippen LogP contribution in [-0.4, -0.2) is 21.1 Å². The highest BCUT2D eigenvalue weighted by atomic mass is 16.6. The molecule has 0 N–H and O–H groups in total. The van der Waals surface area contributed by atoms with Gasteiger partial charge in [-0.2, -0.15) is 0 Å². The molecule has 0 spiro atoms. The lowest BCUT2D eigenvalue weighted by Gasteiger charge is -2.10. The second kappa shape index (κ2) is 7.36. The predicted molar refractivity (Wildman–Crippen MR) is 96.1 cm³/mol. The Morgan fingerprint density at radius 3 is 2.44 bits per heavy atom. The van der Waals surface area contributed by atoms with Crippen LogP contribution in [0.5, 0.6) is 0 Å². The molecule has 3 aromatic rings. The maximum Gasteiger partial charge on any atom is 0.338 e. The Balaban J connectivity index is 1.72. The van der Waals surface area contributed by atoms with E-state index in [1.807, 2.05) is 19.9 Å². The highest BCUT2D eigenvalue weighted by molar-refractivity contribution is 5.89. The van der Waals surface area contributed by atoms with Gasteiger partial charge in [-0.25, -0.2) is 4.79 Å². The number of aromatic nitrogens is 2. The van der Waals surface area contributed by atoms with Crippen molar-refractivity contribution in [1.82, 2.24) is 10.2 Å². The first kappa shape index (κ1) is 18.2. The summed E-state index contributed by atoms with van der Waals surface area (Å²) >= 11 is 0. The number of hydrogen-bond acceptors (Lipinski definition) is 7. The Labute approximate surface area is 155 Å². The highest BCUT2D eigenvalue weighted by Gasteiger charge is 2.20. The SMILES string of the molecule is Cc1ccc(C(=O)O[C@H](C)c2nnc(-c3ccc([N+](=O)[O-])cc3)o2)cc1C. The van der Waals surface area contributed by atoms with E-state index in [-0.39, 0.29) is 17.5 Å². The molecule has 0 fully saturated rings. The summed E-state index contributed by atoms with van der Waals surface area (Å²) in [6.07, 6.45) is -0.738. The van der Waals surface area contributed by atoms with Gasteiger partial charge in [0.25, 0.3) is 11.6 Å². The van der Waals surface area contributed by atoms with Gasteiger partial charge in [-0.3, -0.25) is 10.1 Å². The minimum atomic E-state index is -0.738. The van der Waals surface area contributed by atoms with E-state index >= 15 is 0 Å². The number of nitro benzene ring substituents is 1. The van der Waals surface area contributed by atoms with E-state index in [1.165, 1.54) is 24.3 Å². The van der Waals surface area contributed by atoms with Crippen LogP contribution in [-0.2, 0) is 4.74 Å². The van der Waals surface area contributed by atoms with Crippen LogP contribution in [0.2, 0.25) is 0 Å². The Bertz CT molecular complexity index is 995. The van der Waals surface area contributed by atoms with Gasteiger partial charge in [-0.15, -0.1) is 10.2 Å². The Kier molecular flexibility index (Phi) is 4.98. The van der Waals surface area contributed by atoms with Crippen LogP contribution in [0.3, 0.4) is 0 Å². The average molecular weight is 367 g/mol. The largest absolute Gasteiger partial charge is 0.449 e. The lowest BCUT2D eigenvalue weighted by molar-refractivity contribution is -0.384. The van der Waals surface area contributed by atoms with E-state index in [1.54, 1.807) is 19.1 Å². The summed E-state index contributed by atoms with van der Waals surface area (Å²) in [5, 5.41) is 18.5. The summed E-state index contributed by atoms with van der Waals surface area (Å²) in [5.74, 6) is -0.157. The molecule has 0 aliphatic rings. The number of esters is 1. The number of nitro groups is 1. The first-order valence-corrected chi connectivity index (χ1v) is 8.21. The minimum absolute atomic E-state index is 0.0332. The van der Waals surface area contributed by atoms with E-state index in [4.69, 9.17) is 9.15 Å². The van der Waals surface area contributed by atoms with Crippen LogP contribution in [0.25, 0.3) is 11.5 Å². The normalized spacial score (nSPS) is 11.8. The summed E-state index contributed by atoms with van der Waals surface area (Å²) in [5.41, 5.74) is 3.03. The summed E-state index contributed by atoms with van der Waals surface area (Å²) in [4.78, 5) is 22.5. The molecule has 1 aromatic heterocycles. The number of benzene rings is 2. The van der Waals surface area contributed by atoms with Crippen LogP contribution in [0.15, 0.2) is 46.9 Å². The first-order valence-electron chi connectivity index (χ1n) is 8.21. The van der Waals surface area contributed by atoms with Gasteiger partial charge in [0.1, 0.15) is 0 Å². The fourth-order valence-electron chi connectivity index (χ4n) is 2.39. The number of hydrogen-bond donors (Lipinski definition) is 0. The average Bonchev–Trinajstić information content (AvgIpc) is 3.14. The second-order valence-electron chi connectivity index (χ2n) is 6.10. The molecule has 8 nitrogen and oxygen atoms in total. The van der Waals surface area contributed by atoms with Crippen molar-refractivity contribution >= 4 is 11.7 Å². The molecule has 0 amide bonds. The van der Waals surface area contributed by atoms with Crippen LogP contribution in [0, 0.1) is 24.0 Å². The summed E-state index contributed by atoms with van der Waals surface area (Å²) in [6.45, 7) is 5.52. The number of ether oxygens (including phenoxy) is 1. The van der Waals surface area contributed by atoms with Crippen molar-refractivity contribution in [2.45, 2.75) is 26.9 Å². The Morgan fingerprint density at radius 2 is 1.81 bits per heavy atom. The zero-order valence-electron chi connectivity index (χ0n) is 15.0. The fourth-order valence-corrected chi connectivity index (χ4v) is 2.39. The quantitative estimate of drug-likeness (QED) is 0.378. The molecule has 0 aliphatic carbocycles. The van der Waals surface area contributed by atoms with Crippen LogP contribution in [0.4, 0.5) is 5.69 Å². The molecule has 0 saturated carbocycles. The molecule has 138 valence electrons. The van der Waals surface area contributed by atoms with Crippen molar-refractivity contribution in [1.29, 1.82) is 0 Å². The van der Waals surface area contributed by atoms with E-state index in [0.29, 0.717) is 11.1 Å². The predicted octanol–water partition coefficient (Wildman–Crippen LogP) is 4.18. The van der Waals surface area contributed by atoms with Gasteiger partial charge in [-0.1, -0.05) is 6.07 Å². The fraction of sp³-hybridized carbons (Fsp3) is 0.211. The number of nitrogens with zero attached hydrogens (tertiary/aromatic N) is 3. The molecular weight excluding hydrogens is 350 g/mol. The monoisotopic (exact) mass is 367 g/mol. The van der Waals surface area contributed by atoms with Gasteiger partial charge >= 0.3 is 5.97 Å². The van der Waals surface area contributed by atoms with Gasteiger partial charge in [0.05, 0.1) is 10.5 Å². The van der Waals surface area contributed by atoms with Crippen molar-refractivity contribution in [2.75, 3.05) is 0 Å². The number of rotatable bonds is 5. The maximum atomic E-state index is 12.3. The van der Waals surface area contributed by atoms with Crippen LogP contribution >= 0.6 is 0 Å². The van der Waals surface area contributed by atoms with Gasteiger partial charge in [0, 0.05) is 17.7 Å². The number of carbonyl (C=O) groups is 1. The van der Waals surface area contributed by atoms with Gasteiger partial charge in [-0.05, 0) is 56.2 Å². The van der Waals surface area contributed by atoms with E-state index in [2.05, 4.69) is 10.2 Å². The third-order valence-electron chi connectivity index (χ3n) is 4.14. The molecule has 0 unspecified atom stereocenters. The lowest BCUT2D eigenvalue weighted by atomic mass is 10.1. The number of aryl methyl sites for hydroxylation is 2. The van der Waals surface area contributed by atoms with Crippen molar-refractivity contribution in [2.24, 2.45) is 0 Å². The van der Waals surface area contributed by atoms with Gasteiger partial charge < -0.3 is 9.15 Å². The minimum Gasteiger partial charge on any atom is -0.449 e. The number of carbonyl (C=O) groups excluding carboxylic acids is 1. The van der Waals surface area contributed by atoms with Gasteiger partial charge in [0.15, 0.2) is 6.10 Å². The van der Waals surface area contributed by atoms with E-state index < -0.39 is 17.0 Å². The molecule has 8 heteroatoms. The highest BCUT2D eigenvalue weighted by Crippen LogP contribution is 2.25. The Morgan fingerprint density at radius 1 is 1.11 bits per heavy atom. The molecule has 0 saturated heterocycles. The topological polar surface area (TPSA) is 108 Å². The molecular formula is C19H17N3O5. The van der Waals surface area contributed by atoms with Crippen LogP contribution < -0.4 is 0 Å². The second-order valence-corrected chi connectivity index (χ2v) is 6.10. The van der Waals surface area contributed by atoms with Crippen LogP contribution in [0.1, 0.15) is 40.4 Å². The van der Waals surface area contributed by atoms with Crippen molar-refractivity contribution in [3.63, 3.8) is 0 Å². The molecule has 2 aromatic carbocycles. The molecule has 0 bridgehead atoms. The molecule has 1 heterocycles. The van der Waals surface area contributed by atoms with E-state index in [0.717, 1.165) is 11.1 Å². The molecule has 27 heavy (non-hydrogen) atoms. The van der Waals surface area contributed by atoms with Crippen molar-refractivity contribution in [3.8, 4) is 11.5 Å². The van der Waals surface area contributed by atoms with Crippen molar-refractivity contribution in [3.05, 3.63) is 75.2 Å². The summed E-state index contributed by atoms with van der Waals surface area (Å²) in [7, 11) is 0. The van der Waals surface area contributed by atoms with Gasteiger partial charge in [0.2, 0.25) is 5.89 Å². The van der Waals surface area contributed by atoms with Crippen molar-refractivity contribution < 1.29 is 18.9 Å². The zero-order chi connectivity index (χ0) is 19.6. The summed E-state index contributed by atoms with van der Waals surface area (Å²) < 4.78 is 10.9. The number of non-ortho nitro benzene ring substituents is 1. The zero-order valence-corrected chi connectivity index (χ0v) is 15.0. The molecule has 0 radical (unpaired) electrons. The summed E-state index contributed by atoms with van der Waals surface area (Å²) in [6, 6.07) is 11.1. The molecule has 1 atom stereocenters. The molecule has 0 aliphatic heterocycles. The lowest BCUT2D eigenvalue weighted by Crippen LogP contribution is -2.10. The maximum absolute atomic E-state index is 12.3. The standard InChI is InChI=1S/C19H17N3O5/c1-11-4-5-15(10-12(11)2)19(23)26-13(3)17-20-21-18(27-17)14-6-8-16(9-7-14)22(24)25/h4-10,13H,1-3H3/t13-/m1/s1.